The summed E-state index contributed by atoms with van der Waals surface area (Å²) in [5.74, 6) is -0.908. The molecule has 1 fully saturated rings. The zero-order valence-corrected chi connectivity index (χ0v) is 17.6. The lowest BCUT2D eigenvalue weighted by Gasteiger charge is -2.25. The van der Waals surface area contributed by atoms with Gasteiger partial charge in [-0.1, -0.05) is 42.0 Å². The minimum absolute atomic E-state index is 0.0925. The molecule has 3 rings (SSSR count). The molecule has 0 bridgehead atoms. The lowest BCUT2D eigenvalue weighted by Crippen LogP contribution is -2.31. The minimum atomic E-state index is -0.683. The van der Waals surface area contributed by atoms with Crippen LogP contribution < -0.4 is 4.74 Å². The Bertz CT molecular complexity index is 948. The highest BCUT2D eigenvalue weighted by atomic mass is 16.5. The van der Waals surface area contributed by atoms with Gasteiger partial charge in [-0.2, -0.15) is 0 Å². The molecule has 0 saturated carbocycles. The Morgan fingerprint density at radius 1 is 1.13 bits per heavy atom. The molecule has 1 amide bonds. The second kappa shape index (κ2) is 9.59. The van der Waals surface area contributed by atoms with Gasteiger partial charge in [0.05, 0.1) is 18.2 Å². The Hall–Kier alpha value is -3.12. The number of Topliss-reactive ketones (excluding diaryl/α,β-unsaturated/α-hetero) is 1. The molecule has 1 unspecified atom stereocenters. The van der Waals surface area contributed by atoms with Gasteiger partial charge < -0.3 is 19.5 Å². The molecule has 6 nitrogen and oxygen atoms in total. The summed E-state index contributed by atoms with van der Waals surface area (Å²) in [5.41, 5.74) is 2.38. The Morgan fingerprint density at radius 2 is 1.87 bits per heavy atom. The van der Waals surface area contributed by atoms with Gasteiger partial charge in [0.15, 0.2) is 0 Å². The molecule has 1 heterocycles. The van der Waals surface area contributed by atoms with Crippen molar-refractivity contribution in [1.29, 1.82) is 0 Å². The average molecular weight is 409 g/mol. The number of carbonyl (C=O) groups excluding carboxylic acids is 2. The highest BCUT2D eigenvalue weighted by molar-refractivity contribution is 6.46. The number of methoxy groups -OCH3 is 1. The third-order valence-electron chi connectivity index (χ3n) is 5.10. The van der Waals surface area contributed by atoms with Crippen molar-refractivity contribution in [3.63, 3.8) is 0 Å². The fourth-order valence-corrected chi connectivity index (χ4v) is 3.64. The van der Waals surface area contributed by atoms with Crippen molar-refractivity contribution in [2.45, 2.75) is 26.3 Å². The third-order valence-corrected chi connectivity index (χ3v) is 5.10. The van der Waals surface area contributed by atoms with Gasteiger partial charge in [-0.25, -0.2) is 0 Å². The van der Waals surface area contributed by atoms with Crippen molar-refractivity contribution in [2.24, 2.45) is 0 Å². The van der Waals surface area contributed by atoms with E-state index in [9.17, 15) is 14.7 Å². The van der Waals surface area contributed by atoms with Gasteiger partial charge in [0.1, 0.15) is 11.5 Å². The van der Waals surface area contributed by atoms with Crippen LogP contribution in [0.2, 0.25) is 0 Å². The van der Waals surface area contributed by atoms with Crippen LogP contribution in [0.1, 0.15) is 36.1 Å². The lowest BCUT2D eigenvalue weighted by molar-refractivity contribution is -0.140. The summed E-state index contributed by atoms with van der Waals surface area (Å²) in [6.07, 6.45) is 0.589. The SMILES string of the molecule is CCOc1cccc(/C(O)=C2\C(=O)C(=O)N(CCCOC)C2c2ccc(C)cc2)c1. The molecule has 2 aromatic rings. The smallest absolute Gasteiger partial charge is 0.295 e. The van der Waals surface area contributed by atoms with Crippen molar-refractivity contribution in [3.8, 4) is 5.75 Å². The first-order valence-corrected chi connectivity index (χ1v) is 10.0. The standard InChI is InChI=1S/C24H27NO5/c1-4-30-19-8-5-7-18(15-19)22(26)20-21(17-11-9-16(2)10-12-17)25(13-6-14-29-3)24(28)23(20)27/h5,7-12,15,21,26H,4,6,13-14H2,1-3H3/b22-20+. The summed E-state index contributed by atoms with van der Waals surface area (Å²) < 4.78 is 10.6. The van der Waals surface area contributed by atoms with E-state index >= 15 is 0 Å². The Labute approximate surface area is 176 Å². The predicted molar refractivity (Wildman–Crippen MR) is 114 cm³/mol. The van der Waals surface area contributed by atoms with E-state index in [0.29, 0.717) is 37.5 Å². The molecule has 6 heteroatoms. The maximum absolute atomic E-state index is 13.0. The van der Waals surface area contributed by atoms with Crippen LogP contribution in [0.3, 0.4) is 0 Å². The van der Waals surface area contributed by atoms with Gasteiger partial charge >= 0.3 is 0 Å². The van der Waals surface area contributed by atoms with E-state index in [2.05, 4.69) is 0 Å². The Kier molecular flexibility index (Phi) is 6.90. The molecule has 2 aromatic carbocycles. The summed E-state index contributed by atoms with van der Waals surface area (Å²) in [6.45, 7) is 5.15. The van der Waals surface area contributed by atoms with Crippen molar-refractivity contribution in [2.75, 3.05) is 26.9 Å². The van der Waals surface area contributed by atoms with E-state index < -0.39 is 17.7 Å². The maximum Gasteiger partial charge on any atom is 0.295 e. The number of aliphatic hydroxyl groups is 1. The fourth-order valence-electron chi connectivity index (χ4n) is 3.64. The van der Waals surface area contributed by atoms with Crippen molar-refractivity contribution in [3.05, 3.63) is 70.8 Å². The molecule has 0 spiro atoms. The predicted octanol–water partition coefficient (Wildman–Crippen LogP) is 3.85. The van der Waals surface area contributed by atoms with Gasteiger partial charge in [0.25, 0.3) is 11.7 Å². The molecule has 1 N–H and O–H groups in total. The molecular formula is C24H27NO5. The molecule has 0 aliphatic carbocycles. The second-order valence-electron chi connectivity index (χ2n) is 7.21. The number of carbonyl (C=O) groups is 2. The number of hydrogen-bond acceptors (Lipinski definition) is 5. The Balaban J connectivity index is 2.10. The van der Waals surface area contributed by atoms with Crippen LogP contribution in [-0.2, 0) is 14.3 Å². The van der Waals surface area contributed by atoms with E-state index in [4.69, 9.17) is 9.47 Å². The molecular weight excluding hydrogens is 382 g/mol. The molecule has 1 atom stereocenters. The van der Waals surface area contributed by atoms with Crippen molar-refractivity contribution in [1.82, 2.24) is 4.90 Å². The van der Waals surface area contributed by atoms with E-state index in [1.54, 1.807) is 31.4 Å². The molecule has 0 radical (unpaired) electrons. The van der Waals surface area contributed by atoms with Crippen molar-refractivity contribution >= 4 is 17.4 Å². The monoisotopic (exact) mass is 409 g/mol. The van der Waals surface area contributed by atoms with Crippen LogP contribution in [0.25, 0.3) is 5.76 Å². The number of amides is 1. The van der Waals surface area contributed by atoms with Gasteiger partial charge in [-0.05, 0) is 38.0 Å². The van der Waals surface area contributed by atoms with Gasteiger partial charge in [0, 0.05) is 25.8 Å². The first-order chi connectivity index (χ1) is 14.5. The number of ether oxygens (including phenoxy) is 2. The lowest BCUT2D eigenvalue weighted by atomic mass is 9.94. The summed E-state index contributed by atoms with van der Waals surface area (Å²) >= 11 is 0. The minimum Gasteiger partial charge on any atom is -0.507 e. The topological polar surface area (TPSA) is 76.1 Å². The fraction of sp³-hybridized carbons (Fsp3) is 0.333. The van der Waals surface area contributed by atoms with Crippen LogP contribution in [0.15, 0.2) is 54.1 Å². The maximum atomic E-state index is 13.0. The molecule has 1 aliphatic heterocycles. The molecule has 158 valence electrons. The zero-order chi connectivity index (χ0) is 21.7. The number of ketones is 1. The summed E-state index contributed by atoms with van der Waals surface area (Å²) in [4.78, 5) is 27.3. The number of aliphatic hydroxyl groups excluding tert-OH is 1. The number of hydrogen-bond donors (Lipinski definition) is 1. The Morgan fingerprint density at radius 3 is 2.53 bits per heavy atom. The van der Waals surface area contributed by atoms with Crippen LogP contribution in [0, 0.1) is 6.92 Å². The normalized spacial score (nSPS) is 18.1. The summed E-state index contributed by atoms with van der Waals surface area (Å²) in [7, 11) is 1.59. The first-order valence-electron chi connectivity index (χ1n) is 10.0. The zero-order valence-electron chi connectivity index (χ0n) is 17.6. The number of aryl methyl sites for hydroxylation is 1. The number of nitrogens with zero attached hydrogens (tertiary/aromatic N) is 1. The summed E-state index contributed by atoms with van der Waals surface area (Å²) in [6, 6.07) is 13.9. The first kappa shape index (κ1) is 21.6. The molecule has 1 saturated heterocycles. The average Bonchev–Trinajstić information content (AvgIpc) is 2.99. The number of benzene rings is 2. The quantitative estimate of drug-likeness (QED) is 0.310. The van der Waals surface area contributed by atoms with Crippen molar-refractivity contribution < 1.29 is 24.2 Å². The van der Waals surface area contributed by atoms with Crippen LogP contribution in [-0.4, -0.2) is 48.6 Å². The highest BCUT2D eigenvalue weighted by Gasteiger charge is 2.45. The van der Waals surface area contributed by atoms with E-state index in [1.807, 2.05) is 38.1 Å². The van der Waals surface area contributed by atoms with E-state index in [1.165, 1.54) is 4.90 Å². The molecule has 1 aliphatic rings. The van der Waals surface area contributed by atoms with Crippen LogP contribution >= 0.6 is 0 Å². The van der Waals surface area contributed by atoms with E-state index in [0.717, 1.165) is 11.1 Å². The largest absolute Gasteiger partial charge is 0.507 e. The molecule has 30 heavy (non-hydrogen) atoms. The van der Waals surface area contributed by atoms with Crippen LogP contribution in [0.5, 0.6) is 5.75 Å². The van der Waals surface area contributed by atoms with Crippen LogP contribution in [0.4, 0.5) is 0 Å². The molecule has 0 aromatic heterocycles. The highest BCUT2D eigenvalue weighted by Crippen LogP contribution is 2.39. The third kappa shape index (κ3) is 4.39. The number of rotatable bonds is 8. The van der Waals surface area contributed by atoms with E-state index in [-0.39, 0.29) is 11.3 Å². The van der Waals surface area contributed by atoms with Gasteiger partial charge in [0.2, 0.25) is 0 Å². The second-order valence-corrected chi connectivity index (χ2v) is 7.21. The van der Waals surface area contributed by atoms with Gasteiger partial charge in [-0.15, -0.1) is 0 Å². The summed E-state index contributed by atoms with van der Waals surface area (Å²) in [5, 5.41) is 11.1. The number of likely N-dealkylation sites (tertiary alicyclic amines) is 1. The van der Waals surface area contributed by atoms with Gasteiger partial charge in [-0.3, -0.25) is 9.59 Å².